The molecule has 0 saturated heterocycles. The maximum absolute atomic E-state index is 12.5. The highest BCUT2D eigenvalue weighted by molar-refractivity contribution is 7.17. The average Bonchev–Trinajstić information content (AvgIpc) is 2.99. The van der Waals surface area contributed by atoms with Crippen molar-refractivity contribution in [3.05, 3.63) is 52.0 Å². The molecule has 0 N–H and O–H groups in total. The number of hydrogen-bond donors (Lipinski definition) is 0. The molecule has 26 heavy (non-hydrogen) atoms. The number of ether oxygens (including phenoxy) is 1. The fraction of sp³-hybridized carbons (Fsp3) is 0.333. The van der Waals surface area contributed by atoms with Crippen LogP contribution in [-0.4, -0.2) is 16.4 Å². The van der Waals surface area contributed by atoms with Crippen LogP contribution in [-0.2, 0) is 9.53 Å². The van der Waals surface area contributed by atoms with Gasteiger partial charge in [-0.15, -0.1) is 11.3 Å². The number of Topliss-reactive ketones (excluding diaryl/α,β-unsaturated/α-hetero) is 1. The van der Waals surface area contributed by atoms with Crippen LogP contribution in [0.15, 0.2) is 35.8 Å². The minimum atomic E-state index is -0.632. The van der Waals surface area contributed by atoms with Crippen LogP contribution in [0.25, 0.3) is 21.3 Å². The average molecular weight is 388 g/mol. The number of carbonyl (C=O) groups is 1. The van der Waals surface area contributed by atoms with Gasteiger partial charge in [0.15, 0.2) is 5.78 Å². The summed E-state index contributed by atoms with van der Waals surface area (Å²) in [5, 5.41) is 0.678. The van der Waals surface area contributed by atoms with Crippen LogP contribution >= 0.6 is 22.9 Å². The highest BCUT2D eigenvalue weighted by atomic mass is 35.5. The molecular weight excluding hydrogens is 366 g/mol. The van der Waals surface area contributed by atoms with Crippen LogP contribution < -0.4 is 0 Å². The van der Waals surface area contributed by atoms with Crippen LogP contribution in [0, 0.1) is 6.92 Å². The number of rotatable bonds is 4. The fourth-order valence-corrected chi connectivity index (χ4v) is 4.06. The summed E-state index contributed by atoms with van der Waals surface area (Å²) in [5.41, 5.74) is 6.24. The van der Waals surface area contributed by atoms with Crippen molar-refractivity contribution < 1.29 is 9.53 Å². The Morgan fingerprint density at radius 2 is 1.88 bits per heavy atom. The van der Waals surface area contributed by atoms with E-state index in [1.165, 1.54) is 0 Å². The monoisotopic (exact) mass is 387 g/mol. The molecule has 1 heterocycles. The van der Waals surface area contributed by atoms with Gasteiger partial charge in [-0.2, -0.15) is 0 Å². The number of carbonyl (C=O) groups excluding carboxylic acids is 1. The van der Waals surface area contributed by atoms with E-state index in [2.05, 4.69) is 4.98 Å². The molecule has 0 saturated carbocycles. The Labute approximate surface area is 163 Å². The predicted molar refractivity (Wildman–Crippen MR) is 109 cm³/mol. The third-order valence-electron chi connectivity index (χ3n) is 4.11. The summed E-state index contributed by atoms with van der Waals surface area (Å²) in [4.78, 5) is 17.0. The van der Waals surface area contributed by atoms with E-state index in [0.717, 1.165) is 32.5 Å². The first kappa shape index (κ1) is 19.0. The van der Waals surface area contributed by atoms with Gasteiger partial charge in [0.25, 0.3) is 0 Å². The minimum Gasteiger partial charge on any atom is -0.360 e. The number of ketones is 1. The molecule has 0 amide bonds. The smallest absolute Gasteiger partial charge is 0.163 e. The van der Waals surface area contributed by atoms with E-state index >= 15 is 0 Å². The molecule has 136 valence electrons. The van der Waals surface area contributed by atoms with Gasteiger partial charge in [0.05, 0.1) is 21.3 Å². The van der Waals surface area contributed by atoms with Crippen LogP contribution in [0.1, 0.15) is 44.9 Å². The molecule has 1 aromatic heterocycles. The molecule has 3 rings (SSSR count). The number of halogens is 1. The Kier molecular flexibility index (Phi) is 5.20. The first-order valence-corrected chi connectivity index (χ1v) is 9.74. The molecule has 0 fully saturated rings. The molecule has 0 radical (unpaired) electrons. The molecule has 0 spiro atoms. The highest BCUT2D eigenvalue weighted by Crippen LogP contribution is 2.42. The Balaban J connectivity index is 2.33. The summed E-state index contributed by atoms with van der Waals surface area (Å²) in [5.74, 6) is -0.0119. The van der Waals surface area contributed by atoms with Crippen molar-refractivity contribution in [2.75, 3.05) is 0 Å². The van der Waals surface area contributed by atoms with Gasteiger partial charge in [0.2, 0.25) is 0 Å². The highest BCUT2D eigenvalue weighted by Gasteiger charge is 2.29. The Morgan fingerprint density at radius 1 is 1.23 bits per heavy atom. The largest absolute Gasteiger partial charge is 0.360 e. The summed E-state index contributed by atoms with van der Waals surface area (Å²) in [7, 11) is 0. The van der Waals surface area contributed by atoms with Crippen molar-refractivity contribution in [1.29, 1.82) is 0 Å². The van der Waals surface area contributed by atoms with Crippen LogP contribution in [0.2, 0.25) is 5.02 Å². The molecule has 0 bridgehead atoms. The zero-order chi connectivity index (χ0) is 19.1. The number of aromatic nitrogens is 1. The van der Waals surface area contributed by atoms with Gasteiger partial charge in [0, 0.05) is 16.1 Å². The van der Waals surface area contributed by atoms with Crippen LogP contribution in [0.3, 0.4) is 0 Å². The molecule has 2 aromatic carbocycles. The van der Waals surface area contributed by atoms with Crippen LogP contribution in [0.5, 0.6) is 0 Å². The molecule has 3 aromatic rings. The number of nitrogens with zero attached hydrogens (tertiary/aromatic N) is 1. The molecular formula is C21H22ClNO2S. The van der Waals surface area contributed by atoms with E-state index in [1.54, 1.807) is 18.3 Å². The molecule has 0 aliphatic rings. The lowest BCUT2D eigenvalue weighted by atomic mass is 9.90. The third kappa shape index (κ3) is 3.83. The number of aryl methyl sites for hydroxylation is 1. The molecule has 0 unspecified atom stereocenters. The van der Waals surface area contributed by atoms with Crippen LogP contribution in [0.4, 0.5) is 0 Å². The Morgan fingerprint density at radius 3 is 2.46 bits per heavy atom. The van der Waals surface area contributed by atoms with Gasteiger partial charge >= 0.3 is 0 Å². The number of benzene rings is 2. The zero-order valence-corrected chi connectivity index (χ0v) is 17.2. The predicted octanol–water partition coefficient (Wildman–Crippen LogP) is 6.37. The third-order valence-corrected chi connectivity index (χ3v) is 5.22. The van der Waals surface area contributed by atoms with E-state index in [0.29, 0.717) is 5.02 Å². The second kappa shape index (κ2) is 7.10. The lowest BCUT2D eigenvalue weighted by Gasteiger charge is -2.29. The van der Waals surface area contributed by atoms with Crippen molar-refractivity contribution in [2.24, 2.45) is 0 Å². The van der Waals surface area contributed by atoms with Crippen molar-refractivity contribution >= 4 is 38.9 Å². The maximum atomic E-state index is 12.5. The van der Waals surface area contributed by atoms with Gasteiger partial charge in [-0.1, -0.05) is 23.7 Å². The van der Waals surface area contributed by atoms with E-state index in [-0.39, 0.29) is 5.78 Å². The lowest BCUT2D eigenvalue weighted by Crippen LogP contribution is -2.27. The topological polar surface area (TPSA) is 39.2 Å². The Bertz CT molecular complexity index is 955. The number of thiazole rings is 1. The van der Waals surface area contributed by atoms with E-state index < -0.39 is 11.7 Å². The van der Waals surface area contributed by atoms with E-state index in [4.69, 9.17) is 16.3 Å². The summed E-state index contributed by atoms with van der Waals surface area (Å²) in [6.07, 6.45) is -0.632. The molecule has 1 atom stereocenters. The Hall–Kier alpha value is -1.75. The van der Waals surface area contributed by atoms with Gasteiger partial charge in [-0.05, 0) is 63.9 Å². The van der Waals surface area contributed by atoms with Gasteiger partial charge in [0.1, 0.15) is 6.10 Å². The van der Waals surface area contributed by atoms with Gasteiger partial charge in [-0.3, -0.25) is 4.79 Å². The SMILES string of the molecule is CC(=O)[C@@H](OC(C)(C)C)c1c(C)cc2ncsc2c1-c1ccc(Cl)cc1. The second-order valence-electron chi connectivity index (χ2n) is 7.41. The van der Waals surface area contributed by atoms with Gasteiger partial charge < -0.3 is 4.74 Å². The van der Waals surface area contributed by atoms with E-state index in [1.807, 2.05) is 63.5 Å². The summed E-state index contributed by atoms with van der Waals surface area (Å²) in [6.45, 7) is 9.48. The second-order valence-corrected chi connectivity index (χ2v) is 8.70. The molecule has 0 aliphatic carbocycles. The van der Waals surface area contributed by atoms with Gasteiger partial charge in [-0.25, -0.2) is 4.98 Å². The van der Waals surface area contributed by atoms with Crippen molar-refractivity contribution in [3.8, 4) is 11.1 Å². The number of hydrogen-bond acceptors (Lipinski definition) is 4. The molecule has 3 nitrogen and oxygen atoms in total. The molecule has 0 aliphatic heterocycles. The lowest BCUT2D eigenvalue weighted by molar-refractivity contribution is -0.138. The first-order valence-electron chi connectivity index (χ1n) is 8.48. The summed E-state index contributed by atoms with van der Waals surface area (Å²) in [6, 6.07) is 9.72. The van der Waals surface area contributed by atoms with E-state index in [9.17, 15) is 4.79 Å². The quantitative estimate of drug-likeness (QED) is 0.522. The number of fused-ring (bicyclic) bond motifs is 1. The standard InChI is InChI=1S/C21H22ClNO2S/c1-12-10-16-20(26-11-23-16)18(14-6-8-15(22)9-7-14)17(12)19(13(2)24)25-21(3,4)5/h6-11,19H,1-5H3/t19-/m1/s1. The summed E-state index contributed by atoms with van der Waals surface area (Å²) < 4.78 is 7.24. The fourth-order valence-electron chi connectivity index (χ4n) is 3.09. The van der Waals surface area contributed by atoms with Crippen molar-refractivity contribution in [3.63, 3.8) is 0 Å². The summed E-state index contributed by atoms with van der Waals surface area (Å²) >= 11 is 7.65. The first-order chi connectivity index (χ1) is 12.2. The maximum Gasteiger partial charge on any atom is 0.163 e. The normalized spacial score (nSPS) is 13.2. The minimum absolute atomic E-state index is 0.0119. The van der Waals surface area contributed by atoms with Crippen molar-refractivity contribution in [1.82, 2.24) is 4.98 Å². The molecule has 5 heteroatoms. The zero-order valence-electron chi connectivity index (χ0n) is 15.6. The van der Waals surface area contributed by atoms with Crippen molar-refractivity contribution in [2.45, 2.75) is 46.3 Å².